The van der Waals surface area contributed by atoms with E-state index in [9.17, 15) is 13.5 Å². The van der Waals surface area contributed by atoms with Gasteiger partial charge < -0.3 is 10.0 Å². The van der Waals surface area contributed by atoms with Gasteiger partial charge in [0.15, 0.2) is 0 Å². The van der Waals surface area contributed by atoms with Gasteiger partial charge in [-0.15, -0.1) is 0 Å². The lowest BCUT2D eigenvalue weighted by molar-refractivity contribution is -0.0126. The van der Waals surface area contributed by atoms with Crippen molar-refractivity contribution in [1.82, 2.24) is 9.80 Å². The zero-order valence-electron chi connectivity index (χ0n) is 9.54. The Hall–Kier alpha value is -0.210. The second-order valence-corrected chi connectivity index (χ2v) is 5.72. The van der Waals surface area contributed by atoms with E-state index in [0.717, 1.165) is 26.2 Å². The molecule has 2 N–H and O–H groups in total. The van der Waals surface area contributed by atoms with Crippen LogP contribution < -0.4 is 0 Å². The summed E-state index contributed by atoms with van der Waals surface area (Å²) in [6.07, 6.45) is 0.0352. The third-order valence-electron chi connectivity index (χ3n) is 2.81. The Kier molecular flexibility index (Phi) is 5.13. The highest BCUT2D eigenvalue weighted by molar-refractivity contribution is 7.85. The molecule has 1 atom stereocenters. The van der Waals surface area contributed by atoms with Crippen molar-refractivity contribution in [1.29, 1.82) is 0 Å². The number of hydrogen-bond donors (Lipinski definition) is 2. The largest absolute Gasteiger partial charge is 0.379 e. The fourth-order valence-electron chi connectivity index (χ4n) is 1.83. The molecule has 16 heavy (non-hydrogen) atoms. The average Bonchev–Trinajstić information content (AvgIpc) is 2.16. The molecular formula is C9H20N2O4S. The van der Waals surface area contributed by atoms with Crippen molar-refractivity contribution >= 4 is 10.1 Å². The van der Waals surface area contributed by atoms with Gasteiger partial charge in [-0.2, -0.15) is 8.42 Å². The molecule has 1 aliphatic rings. The highest BCUT2D eigenvalue weighted by Crippen LogP contribution is 2.05. The fourth-order valence-corrected chi connectivity index (χ4v) is 2.33. The Balaban J connectivity index is 2.18. The van der Waals surface area contributed by atoms with Crippen LogP contribution in [0, 0.1) is 0 Å². The van der Waals surface area contributed by atoms with Crippen LogP contribution in [0.2, 0.25) is 0 Å². The maximum Gasteiger partial charge on any atom is 0.264 e. The van der Waals surface area contributed by atoms with Crippen molar-refractivity contribution in [3.8, 4) is 0 Å². The van der Waals surface area contributed by atoms with Crippen LogP contribution in [0.1, 0.15) is 13.3 Å². The molecule has 1 aliphatic heterocycles. The number of piperazine rings is 1. The molecule has 0 bridgehead atoms. The van der Waals surface area contributed by atoms with Crippen LogP contribution >= 0.6 is 0 Å². The third kappa shape index (κ3) is 5.22. The van der Waals surface area contributed by atoms with Crippen molar-refractivity contribution in [3.63, 3.8) is 0 Å². The van der Waals surface area contributed by atoms with Crippen LogP contribution in [0.4, 0.5) is 0 Å². The molecule has 0 aromatic rings. The van der Waals surface area contributed by atoms with Crippen LogP contribution in [0.5, 0.6) is 0 Å². The van der Waals surface area contributed by atoms with E-state index >= 15 is 0 Å². The summed E-state index contributed by atoms with van der Waals surface area (Å²) in [6, 6.07) is 0. The highest BCUT2D eigenvalue weighted by Gasteiger charge is 2.19. The van der Waals surface area contributed by atoms with Gasteiger partial charge in [0.1, 0.15) is 6.23 Å². The second-order valence-electron chi connectivity index (χ2n) is 4.15. The minimum absolute atomic E-state index is 0.177. The summed E-state index contributed by atoms with van der Waals surface area (Å²) >= 11 is 0. The zero-order chi connectivity index (χ0) is 12.2. The van der Waals surface area contributed by atoms with E-state index in [0.29, 0.717) is 13.0 Å². The van der Waals surface area contributed by atoms with E-state index in [4.69, 9.17) is 4.55 Å². The van der Waals surface area contributed by atoms with Gasteiger partial charge in [0.25, 0.3) is 10.1 Å². The van der Waals surface area contributed by atoms with Gasteiger partial charge >= 0.3 is 0 Å². The average molecular weight is 252 g/mol. The standard InChI is InChI=1S/C9H20N2O4S/c1-9(12)11-6-4-10(5-7-11)3-2-8-16(13,14)15/h9,12H,2-8H2,1H3,(H,13,14,15). The summed E-state index contributed by atoms with van der Waals surface area (Å²) in [5.74, 6) is -0.177. The molecule has 0 amide bonds. The minimum atomic E-state index is -3.83. The first-order chi connectivity index (χ1) is 7.38. The molecule has 1 unspecified atom stereocenters. The summed E-state index contributed by atoms with van der Waals surface area (Å²) < 4.78 is 29.6. The van der Waals surface area contributed by atoms with Crippen LogP contribution in [-0.4, -0.2) is 72.6 Å². The quantitative estimate of drug-likeness (QED) is 0.625. The third-order valence-corrected chi connectivity index (χ3v) is 3.62. The van der Waals surface area contributed by atoms with Crippen LogP contribution in [-0.2, 0) is 10.1 Å². The normalized spacial score (nSPS) is 22.2. The number of nitrogens with zero attached hydrogens (tertiary/aromatic N) is 2. The molecule has 7 heteroatoms. The van der Waals surface area contributed by atoms with Gasteiger partial charge in [0.2, 0.25) is 0 Å². The maximum atomic E-state index is 10.5. The first-order valence-corrected chi connectivity index (χ1v) is 7.09. The minimum Gasteiger partial charge on any atom is -0.379 e. The Morgan fingerprint density at radius 2 is 1.81 bits per heavy atom. The molecule has 1 rings (SSSR count). The van der Waals surface area contributed by atoms with Gasteiger partial charge in [0, 0.05) is 26.2 Å². The molecule has 0 radical (unpaired) electrons. The Morgan fingerprint density at radius 3 is 2.25 bits per heavy atom. The zero-order valence-corrected chi connectivity index (χ0v) is 10.4. The van der Waals surface area contributed by atoms with E-state index < -0.39 is 16.3 Å². The number of hydrogen-bond acceptors (Lipinski definition) is 5. The second kappa shape index (κ2) is 5.92. The van der Waals surface area contributed by atoms with Crippen LogP contribution in [0.25, 0.3) is 0 Å². The molecule has 0 aromatic heterocycles. The SMILES string of the molecule is CC(O)N1CCN(CCCS(=O)(=O)O)CC1. The first-order valence-electron chi connectivity index (χ1n) is 5.48. The van der Waals surface area contributed by atoms with Crippen molar-refractivity contribution in [2.75, 3.05) is 38.5 Å². The summed E-state index contributed by atoms with van der Waals surface area (Å²) in [6.45, 7) is 5.67. The molecule has 0 spiro atoms. The van der Waals surface area contributed by atoms with Gasteiger partial charge in [-0.05, 0) is 19.9 Å². The highest BCUT2D eigenvalue weighted by atomic mass is 32.2. The molecule has 0 saturated carbocycles. The van der Waals surface area contributed by atoms with Crippen LogP contribution in [0.15, 0.2) is 0 Å². The van der Waals surface area contributed by atoms with E-state index in [1.165, 1.54) is 0 Å². The monoisotopic (exact) mass is 252 g/mol. The topological polar surface area (TPSA) is 81.1 Å². The van der Waals surface area contributed by atoms with Gasteiger partial charge in [-0.25, -0.2) is 0 Å². The van der Waals surface area contributed by atoms with Crippen molar-refractivity contribution in [2.24, 2.45) is 0 Å². The number of aliphatic hydroxyl groups is 1. The van der Waals surface area contributed by atoms with E-state index in [-0.39, 0.29) is 5.75 Å². The molecule has 6 nitrogen and oxygen atoms in total. The van der Waals surface area contributed by atoms with Crippen molar-refractivity contribution in [2.45, 2.75) is 19.6 Å². The lowest BCUT2D eigenvalue weighted by atomic mass is 10.3. The van der Waals surface area contributed by atoms with Gasteiger partial charge in [-0.1, -0.05) is 0 Å². The van der Waals surface area contributed by atoms with E-state index in [1.54, 1.807) is 6.92 Å². The Morgan fingerprint density at radius 1 is 1.25 bits per heavy atom. The lowest BCUT2D eigenvalue weighted by Gasteiger charge is -2.36. The summed E-state index contributed by atoms with van der Waals surface area (Å²) in [7, 11) is -3.83. The molecule has 1 saturated heterocycles. The van der Waals surface area contributed by atoms with Gasteiger partial charge in [-0.3, -0.25) is 9.45 Å². The fraction of sp³-hybridized carbons (Fsp3) is 1.00. The van der Waals surface area contributed by atoms with E-state index in [1.807, 2.05) is 4.90 Å². The maximum absolute atomic E-state index is 10.5. The molecule has 1 fully saturated rings. The first kappa shape index (κ1) is 13.9. The van der Waals surface area contributed by atoms with Crippen LogP contribution in [0.3, 0.4) is 0 Å². The lowest BCUT2D eigenvalue weighted by Crippen LogP contribution is -2.49. The van der Waals surface area contributed by atoms with Crippen molar-refractivity contribution in [3.05, 3.63) is 0 Å². The summed E-state index contributed by atoms with van der Waals surface area (Å²) in [5, 5.41) is 9.34. The summed E-state index contributed by atoms with van der Waals surface area (Å²) in [4.78, 5) is 4.11. The van der Waals surface area contributed by atoms with Crippen molar-refractivity contribution < 1.29 is 18.1 Å². The predicted molar refractivity (Wildman–Crippen MR) is 60.7 cm³/mol. The summed E-state index contributed by atoms with van der Waals surface area (Å²) in [5.41, 5.74) is 0. The molecule has 0 aliphatic carbocycles. The number of rotatable bonds is 5. The Labute approximate surface area is 96.6 Å². The molecule has 0 aromatic carbocycles. The molecule has 1 heterocycles. The van der Waals surface area contributed by atoms with E-state index in [2.05, 4.69) is 4.90 Å². The molecule has 96 valence electrons. The Bertz CT molecular complexity index is 297. The predicted octanol–water partition coefficient (Wildman–Crippen LogP) is -0.780. The van der Waals surface area contributed by atoms with Gasteiger partial charge in [0.05, 0.1) is 5.75 Å². The molecular weight excluding hydrogens is 232 g/mol. The smallest absolute Gasteiger partial charge is 0.264 e. The number of aliphatic hydroxyl groups excluding tert-OH is 1.